The summed E-state index contributed by atoms with van der Waals surface area (Å²) in [5.74, 6) is -3.62. The molecule has 45 heavy (non-hydrogen) atoms. The summed E-state index contributed by atoms with van der Waals surface area (Å²) < 4.78 is 18.0. The van der Waals surface area contributed by atoms with Gasteiger partial charge in [0.2, 0.25) is 17.7 Å². The molecule has 3 amide bonds. The molecule has 5 aliphatic rings. The van der Waals surface area contributed by atoms with Gasteiger partial charge in [-0.05, 0) is 18.9 Å². The van der Waals surface area contributed by atoms with Gasteiger partial charge in [0.1, 0.15) is 23.7 Å². The zero-order valence-electron chi connectivity index (χ0n) is 25.6. The molecular weight excluding hydrogens is 580 g/mol. The van der Waals surface area contributed by atoms with Gasteiger partial charge in [-0.1, -0.05) is 54.6 Å². The molecule has 0 aliphatic carbocycles. The first kappa shape index (κ1) is 31.4. The fourth-order valence-electron chi connectivity index (χ4n) is 7.30. The van der Waals surface area contributed by atoms with Crippen molar-refractivity contribution < 1.29 is 38.5 Å². The standard InChI is InChI=1S/C33H42N4O8/c1-22-20-34-26(39)11-6-5-10-25-27(32(42)44-22)28-30(40)37(24(21-38)23-8-3-2-4-9-23)29-31(41)36(13-7-12-33(28,29)45-25)15-14-35-16-18-43-19-17-35/h2-5,7-10,12,22,24-25,27-29,38H,6,11,13-21H2,1H3,(H,34,39)/b10-5-/t22-,24-,25-,27+,28+,29-,33+/m1/s1. The van der Waals surface area contributed by atoms with E-state index in [2.05, 4.69) is 10.2 Å². The second-order valence-corrected chi connectivity index (χ2v) is 12.4. The van der Waals surface area contributed by atoms with Crippen LogP contribution in [0, 0.1) is 11.8 Å². The van der Waals surface area contributed by atoms with Crippen molar-refractivity contribution in [3.63, 3.8) is 0 Å². The zero-order valence-corrected chi connectivity index (χ0v) is 25.6. The fraction of sp³-hybridized carbons (Fsp3) is 0.576. The van der Waals surface area contributed by atoms with Crippen LogP contribution in [-0.2, 0) is 33.4 Å². The van der Waals surface area contributed by atoms with Crippen LogP contribution >= 0.6 is 0 Å². The van der Waals surface area contributed by atoms with Gasteiger partial charge in [0.25, 0.3) is 0 Å². The second kappa shape index (κ2) is 13.4. The number of aliphatic hydroxyl groups excluding tert-OH is 1. The number of hydrogen-bond acceptors (Lipinski definition) is 9. The first-order chi connectivity index (χ1) is 21.8. The van der Waals surface area contributed by atoms with E-state index in [9.17, 15) is 24.3 Å². The molecule has 6 rings (SSSR count). The molecule has 2 N–H and O–H groups in total. The molecule has 1 spiro atoms. The number of morpholine rings is 1. The van der Waals surface area contributed by atoms with Crippen LogP contribution in [0.3, 0.4) is 0 Å². The lowest BCUT2D eigenvalue weighted by molar-refractivity contribution is -0.159. The molecule has 0 aromatic heterocycles. The van der Waals surface area contributed by atoms with E-state index in [1.807, 2.05) is 36.4 Å². The molecule has 0 radical (unpaired) electrons. The molecule has 7 atom stereocenters. The van der Waals surface area contributed by atoms with Gasteiger partial charge in [-0.15, -0.1) is 0 Å². The highest BCUT2D eigenvalue weighted by atomic mass is 16.6. The highest BCUT2D eigenvalue weighted by molar-refractivity contribution is 5.99. The minimum Gasteiger partial charge on any atom is -0.460 e. The first-order valence-electron chi connectivity index (χ1n) is 15.9. The van der Waals surface area contributed by atoms with Gasteiger partial charge in [0, 0.05) is 39.1 Å². The van der Waals surface area contributed by atoms with Crippen molar-refractivity contribution in [2.75, 3.05) is 59.1 Å². The Labute approximate surface area is 262 Å². The van der Waals surface area contributed by atoms with Gasteiger partial charge in [-0.3, -0.25) is 24.1 Å². The van der Waals surface area contributed by atoms with E-state index >= 15 is 0 Å². The predicted molar refractivity (Wildman–Crippen MR) is 161 cm³/mol. The number of allylic oxidation sites excluding steroid dienone is 1. The Kier molecular flexibility index (Phi) is 9.36. The number of amides is 3. The molecule has 12 nitrogen and oxygen atoms in total. The largest absolute Gasteiger partial charge is 0.460 e. The van der Waals surface area contributed by atoms with Crippen LogP contribution in [0.5, 0.6) is 0 Å². The molecule has 0 unspecified atom stereocenters. The molecule has 3 saturated heterocycles. The Morgan fingerprint density at radius 2 is 1.82 bits per heavy atom. The van der Waals surface area contributed by atoms with Gasteiger partial charge in [-0.25, -0.2) is 0 Å². The maximum atomic E-state index is 14.7. The van der Waals surface area contributed by atoms with Gasteiger partial charge in [0.15, 0.2) is 0 Å². The van der Waals surface area contributed by atoms with Crippen molar-refractivity contribution in [1.29, 1.82) is 0 Å². The number of fused-ring (bicyclic) bond motifs is 2. The van der Waals surface area contributed by atoms with E-state index in [0.29, 0.717) is 44.8 Å². The van der Waals surface area contributed by atoms with Gasteiger partial charge < -0.3 is 34.4 Å². The van der Waals surface area contributed by atoms with E-state index < -0.39 is 60.2 Å². The highest BCUT2D eigenvalue weighted by Gasteiger charge is 2.72. The Hall–Kier alpha value is -3.58. The molecule has 1 aromatic rings. The first-order valence-corrected chi connectivity index (χ1v) is 15.9. The lowest BCUT2D eigenvalue weighted by Gasteiger charge is -2.39. The average molecular weight is 623 g/mol. The SMILES string of the molecule is C[C@@H]1CNC(=O)CC/C=C\[C@H]2O[C@]34C=CCN(CCN5CCOCC5)C(=O)[C@H]3N([C@H](CO)c3ccccc3)C(=O)[C@@H]4[C@H]2C(=O)O1. The van der Waals surface area contributed by atoms with Crippen molar-refractivity contribution in [2.24, 2.45) is 11.8 Å². The maximum Gasteiger partial charge on any atom is 0.313 e. The summed E-state index contributed by atoms with van der Waals surface area (Å²) in [7, 11) is 0. The number of hydrogen-bond donors (Lipinski definition) is 2. The smallest absolute Gasteiger partial charge is 0.313 e. The quantitative estimate of drug-likeness (QED) is 0.342. The number of likely N-dealkylation sites (tertiary alicyclic amines) is 1. The second-order valence-electron chi connectivity index (χ2n) is 12.4. The Morgan fingerprint density at radius 3 is 2.58 bits per heavy atom. The number of rotatable bonds is 6. The zero-order chi connectivity index (χ0) is 31.6. The normalized spacial score (nSPS) is 34.0. The number of benzene rings is 1. The van der Waals surface area contributed by atoms with Crippen LogP contribution in [0.15, 0.2) is 54.6 Å². The van der Waals surface area contributed by atoms with Crippen LogP contribution in [0.2, 0.25) is 0 Å². The molecule has 0 saturated carbocycles. The third kappa shape index (κ3) is 6.04. The minimum absolute atomic E-state index is 0.141. The average Bonchev–Trinajstić information content (AvgIpc) is 3.44. The molecule has 12 heteroatoms. The van der Waals surface area contributed by atoms with Crippen molar-refractivity contribution in [3.8, 4) is 0 Å². The number of carbonyl (C=O) groups excluding carboxylic acids is 4. The highest BCUT2D eigenvalue weighted by Crippen LogP contribution is 2.54. The Morgan fingerprint density at radius 1 is 1.04 bits per heavy atom. The Balaban J connectivity index is 1.40. The van der Waals surface area contributed by atoms with Crippen molar-refractivity contribution in [3.05, 3.63) is 60.2 Å². The molecule has 3 fully saturated rings. The van der Waals surface area contributed by atoms with E-state index in [1.165, 1.54) is 4.90 Å². The predicted octanol–water partition coefficient (Wildman–Crippen LogP) is 0.429. The lowest BCUT2D eigenvalue weighted by Crippen LogP contribution is -2.57. The van der Waals surface area contributed by atoms with Crippen LogP contribution in [0.25, 0.3) is 0 Å². The lowest BCUT2D eigenvalue weighted by atomic mass is 9.78. The number of nitrogens with one attached hydrogen (secondary N) is 1. The summed E-state index contributed by atoms with van der Waals surface area (Å²) in [6, 6.07) is 7.15. The van der Waals surface area contributed by atoms with Crippen LogP contribution in [-0.4, -0.2) is 126 Å². The summed E-state index contributed by atoms with van der Waals surface area (Å²) in [5, 5.41) is 13.5. The summed E-state index contributed by atoms with van der Waals surface area (Å²) in [5.41, 5.74) is -0.799. The van der Waals surface area contributed by atoms with E-state index in [4.69, 9.17) is 14.2 Å². The molecule has 242 valence electrons. The van der Waals surface area contributed by atoms with Crippen molar-refractivity contribution >= 4 is 23.7 Å². The molecule has 5 aliphatic heterocycles. The molecule has 0 bridgehead atoms. The number of cyclic esters (lactones) is 1. The summed E-state index contributed by atoms with van der Waals surface area (Å²) in [6.07, 6.45) is 6.32. The monoisotopic (exact) mass is 622 g/mol. The van der Waals surface area contributed by atoms with Crippen molar-refractivity contribution in [2.45, 2.75) is 49.7 Å². The molecule has 5 heterocycles. The van der Waals surface area contributed by atoms with Gasteiger partial charge in [-0.2, -0.15) is 0 Å². The summed E-state index contributed by atoms with van der Waals surface area (Å²) in [6.45, 7) is 5.64. The third-order valence-corrected chi connectivity index (χ3v) is 9.54. The Bertz CT molecular complexity index is 1330. The number of ether oxygens (including phenoxy) is 3. The van der Waals surface area contributed by atoms with E-state index in [-0.39, 0.29) is 24.8 Å². The fourth-order valence-corrected chi connectivity index (χ4v) is 7.30. The maximum absolute atomic E-state index is 14.7. The number of esters is 1. The number of carbonyl (C=O) groups is 4. The van der Waals surface area contributed by atoms with Crippen LogP contribution in [0.4, 0.5) is 0 Å². The number of nitrogens with zero attached hydrogens (tertiary/aromatic N) is 3. The van der Waals surface area contributed by atoms with E-state index in [0.717, 1.165) is 13.1 Å². The molecular formula is C33H42N4O8. The van der Waals surface area contributed by atoms with Crippen LogP contribution in [0.1, 0.15) is 31.4 Å². The topological polar surface area (TPSA) is 138 Å². The summed E-state index contributed by atoms with van der Waals surface area (Å²) in [4.78, 5) is 60.9. The number of aliphatic hydroxyl groups is 1. The van der Waals surface area contributed by atoms with Crippen LogP contribution < -0.4 is 5.32 Å². The summed E-state index contributed by atoms with van der Waals surface area (Å²) >= 11 is 0. The van der Waals surface area contributed by atoms with Gasteiger partial charge >= 0.3 is 5.97 Å². The van der Waals surface area contributed by atoms with E-state index in [1.54, 1.807) is 30.1 Å². The molecule has 1 aromatic carbocycles. The van der Waals surface area contributed by atoms with Crippen molar-refractivity contribution in [1.82, 2.24) is 20.0 Å². The minimum atomic E-state index is -1.47. The third-order valence-electron chi connectivity index (χ3n) is 9.54. The van der Waals surface area contributed by atoms with Gasteiger partial charge in [0.05, 0.1) is 44.4 Å².